The zero-order valence-corrected chi connectivity index (χ0v) is 10.1. The first-order valence-corrected chi connectivity index (χ1v) is 5.60. The molecule has 0 aliphatic heterocycles. The number of hydrogen-bond donors (Lipinski definition) is 2. The Labute approximate surface area is 96.1 Å². The summed E-state index contributed by atoms with van der Waals surface area (Å²) in [6, 6.07) is -0.283. The molecular weight excluding hydrogens is 210 g/mol. The number of carboxylic acid groups (broad SMARTS) is 1. The van der Waals surface area contributed by atoms with Crippen LogP contribution in [0.25, 0.3) is 0 Å². The van der Waals surface area contributed by atoms with Gasteiger partial charge in [0.1, 0.15) is 0 Å². The summed E-state index contributed by atoms with van der Waals surface area (Å²) in [5.74, 6) is -1.66. The van der Waals surface area contributed by atoms with Crippen molar-refractivity contribution in [3.63, 3.8) is 0 Å². The molecule has 0 saturated carbocycles. The third-order valence-corrected chi connectivity index (χ3v) is 2.64. The molecule has 0 bridgehead atoms. The zero-order chi connectivity index (χ0) is 12.7. The van der Waals surface area contributed by atoms with E-state index in [-0.39, 0.29) is 25.1 Å². The minimum Gasteiger partial charge on any atom is -0.481 e. The summed E-state index contributed by atoms with van der Waals surface area (Å²) in [6.45, 7) is 5.17. The van der Waals surface area contributed by atoms with Gasteiger partial charge in [-0.25, -0.2) is 0 Å². The lowest BCUT2D eigenvalue weighted by molar-refractivity contribution is -0.144. The Hall–Kier alpha value is -1.10. The van der Waals surface area contributed by atoms with Gasteiger partial charge in [0.2, 0.25) is 5.91 Å². The van der Waals surface area contributed by atoms with Gasteiger partial charge in [-0.05, 0) is 6.42 Å². The van der Waals surface area contributed by atoms with Crippen molar-refractivity contribution in [1.29, 1.82) is 0 Å². The van der Waals surface area contributed by atoms with Crippen molar-refractivity contribution in [1.82, 2.24) is 4.90 Å². The molecule has 0 aliphatic rings. The van der Waals surface area contributed by atoms with Crippen LogP contribution in [0.5, 0.6) is 0 Å². The Morgan fingerprint density at radius 3 is 2.19 bits per heavy atom. The first kappa shape index (κ1) is 14.9. The van der Waals surface area contributed by atoms with E-state index >= 15 is 0 Å². The molecule has 94 valence electrons. The maximum Gasteiger partial charge on any atom is 0.308 e. The van der Waals surface area contributed by atoms with Crippen LogP contribution >= 0.6 is 0 Å². The molecule has 0 aromatic rings. The normalized spacial score (nSPS) is 14.2. The lowest BCUT2D eigenvalue weighted by Crippen LogP contribution is -2.45. The van der Waals surface area contributed by atoms with Gasteiger partial charge in [-0.2, -0.15) is 0 Å². The molecule has 0 fully saturated rings. The third-order valence-electron chi connectivity index (χ3n) is 2.64. The van der Waals surface area contributed by atoms with E-state index in [1.165, 1.54) is 4.90 Å². The molecule has 5 heteroatoms. The molecule has 2 unspecified atom stereocenters. The number of aliphatic carboxylic acids is 1. The molecule has 0 aliphatic carbocycles. The second-order valence-corrected chi connectivity index (χ2v) is 3.88. The monoisotopic (exact) mass is 231 g/mol. The summed E-state index contributed by atoms with van der Waals surface area (Å²) in [7, 11) is 0. The van der Waals surface area contributed by atoms with Crippen LogP contribution in [0.2, 0.25) is 0 Å². The van der Waals surface area contributed by atoms with E-state index in [1.807, 2.05) is 6.92 Å². The molecule has 16 heavy (non-hydrogen) atoms. The van der Waals surface area contributed by atoms with Gasteiger partial charge in [0, 0.05) is 13.0 Å². The van der Waals surface area contributed by atoms with Gasteiger partial charge < -0.3 is 15.1 Å². The summed E-state index contributed by atoms with van der Waals surface area (Å²) in [4.78, 5) is 23.9. The molecule has 0 radical (unpaired) electrons. The Morgan fingerprint density at radius 2 is 1.88 bits per heavy atom. The average Bonchev–Trinajstić information content (AvgIpc) is 2.27. The number of hydrogen-bond acceptors (Lipinski definition) is 3. The minimum atomic E-state index is -0.929. The molecule has 0 rings (SSSR count). The lowest BCUT2D eigenvalue weighted by atomic mass is 10.1. The van der Waals surface area contributed by atoms with Gasteiger partial charge in [-0.3, -0.25) is 9.59 Å². The van der Waals surface area contributed by atoms with Gasteiger partial charge in [0.25, 0.3) is 0 Å². The van der Waals surface area contributed by atoms with E-state index < -0.39 is 11.9 Å². The van der Waals surface area contributed by atoms with E-state index in [0.29, 0.717) is 12.8 Å². The first-order chi connectivity index (χ1) is 7.47. The van der Waals surface area contributed by atoms with Crippen LogP contribution < -0.4 is 0 Å². The highest BCUT2D eigenvalue weighted by atomic mass is 16.4. The van der Waals surface area contributed by atoms with Crippen LogP contribution in [0.1, 0.15) is 33.6 Å². The second kappa shape index (κ2) is 7.22. The van der Waals surface area contributed by atoms with Crippen molar-refractivity contribution < 1.29 is 19.8 Å². The largest absolute Gasteiger partial charge is 0.481 e. The predicted octanol–water partition coefficient (Wildman–Crippen LogP) is 0.717. The zero-order valence-electron chi connectivity index (χ0n) is 10.1. The summed E-state index contributed by atoms with van der Waals surface area (Å²) in [5.41, 5.74) is 0. The molecule has 1 amide bonds. The number of nitrogens with zero attached hydrogens (tertiary/aromatic N) is 1. The summed E-state index contributed by atoms with van der Waals surface area (Å²) in [5, 5.41) is 18.0. The van der Waals surface area contributed by atoms with Gasteiger partial charge in [-0.1, -0.05) is 20.8 Å². The van der Waals surface area contributed by atoms with E-state index in [2.05, 4.69) is 0 Å². The minimum absolute atomic E-state index is 0.117. The molecule has 5 nitrogen and oxygen atoms in total. The smallest absolute Gasteiger partial charge is 0.308 e. The molecule has 0 heterocycles. The predicted molar refractivity (Wildman–Crippen MR) is 60.0 cm³/mol. The standard InChI is InChI=1S/C11H21NO4/c1-4-9(7-13)12(10(14)5-2)6-8(3)11(15)16/h8-9,13H,4-7H2,1-3H3,(H,15,16). The van der Waals surface area contributed by atoms with E-state index in [0.717, 1.165) is 0 Å². The van der Waals surface area contributed by atoms with Crippen LogP contribution in [-0.4, -0.2) is 46.2 Å². The van der Waals surface area contributed by atoms with Crippen molar-refractivity contribution >= 4 is 11.9 Å². The van der Waals surface area contributed by atoms with Crippen molar-refractivity contribution in [2.24, 2.45) is 5.92 Å². The Bertz CT molecular complexity index is 238. The highest BCUT2D eigenvalue weighted by molar-refractivity contribution is 5.77. The van der Waals surface area contributed by atoms with Gasteiger partial charge in [-0.15, -0.1) is 0 Å². The highest BCUT2D eigenvalue weighted by Crippen LogP contribution is 2.10. The number of carbonyl (C=O) groups excluding carboxylic acids is 1. The van der Waals surface area contributed by atoms with Gasteiger partial charge in [0.15, 0.2) is 0 Å². The molecule has 0 saturated heterocycles. The number of aliphatic hydroxyl groups excluding tert-OH is 1. The van der Waals surface area contributed by atoms with Gasteiger partial charge >= 0.3 is 5.97 Å². The average molecular weight is 231 g/mol. The maximum absolute atomic E-state index is 11.7. The van der Waals surface area contributed by atoms with Crippen molar-refractivity contribution in [2.75, 3.05) is 13.2 Å². The molecule has 0 aromatic carbocycles. The highest BCUT2D eigenvalue weighted by Gasteiger charge is 2.24. The SMILES string of the molecule is CCC(=O)N(CC(C)C(=O)O)C(CC)CO. The van der Waals surface area contributed by atoms with Gasteiger partial charge in [0.05, 0.1) is 18.6 Å². The van der Waals surface area contributed by atoms with Crippen molar-refractivity contribution in [3.05, 3.63) is 0 Å². The molecular formula is C11H21NO4. The number of carbonyl (C=O) groups is 2. The fraction of sp³-hybridized carbons (Fsp3) is 0.818. The Morgan fingerprint density at radius 1 is 1.31 bits per heavy atom. The number of amides is 1. The van der Waals surface area contributed by atoms with E-state index in [4.69, 9.17) is 10.2 Å². The Balaban J connectivity index is 4.66. The quantitative estimate of drug-likeness (QED) is 0.676. The molecule has 0 spiro atoms. The summed E-state index contributed by atoms with van der Waals surface area (Å²) >= 11 is 0. The van der Waals surface area contributed by atoms with Crippen LogP contribution in [-0.2, 0) is 9.59 Å². The summed E-state index contributed by atoms with van der Waals surface area (Å²) in [6.07, 6.45) is 0.942. The lowest BCUT2D eigenvalue weighted by Gasteiger charge is -2.31. The van der Waals surface area contributed by atoms with E-state index in [1.54, 1.807) is 13.8 Å². The van der Waals surface area contributed by atoms with Crippen molar-refractivity contribution in [2.45, 2.75) is 39.7 Å². The van der Waals surface area contributed by atoms with Crippen LogP contribution in [0.3, 0.4) is 0 Å². The first-order valence-electron chi connectivity index (χ1n) is 5.60. The number of carboxylic acids is 1. The van der Waals surface area contributed by atoms with Crippen molar-refractivity contribution in [3.8, 4) is 0 Å². The fourth-order valence-corrected chi connectivity index (χ4v) is 1.48. The van der Waals surface area contributed by atoms with Crippen LogP contribution in [0.15, 0.2) is 0 Å². The third kappa shape index (κ3) is 4.18. The maximum atomic E-state index is 11.7. The van der Waals surface area contributed by atoms with Crippen LogP contribution in [0, 0.1) is 5.92 Å². The number of aliphatic hydroxyl groups is 1. The fourth-order valence-electron chi connectivity index (χ4n) is 1.48. The van der Waals surface area contributed by atoms with E-state index in [9.17, 15) is 9.59 Å². The Kier molecular flexibility index (Phi) is 6.72. The van der Waals surface area contributed by atoms with Crippen LogP contribution in [0.4, 0.5) is 0 Å². The molecule has 2 N–H and O–H groups in total. The number of rotatable bonds is 7. The summed E-state index contributed by atoms with van der Waals surface area (Å²) < 4.78 is 0. The molecule has 0 aromatic heterocycles. The molecule has 2 atom stereocenters. The second-order valence-electron chi connectivity index (χ2n) is 3.88. The topological polar surface area (TPSA) is 77.8 Å².